The summed E-state index contributed by atoms with van der Waals surface area (Å²) in [4.78, 5) is 0. The van der Waals surface area contributed by atoms with Crippen LogP contribution in [0.25, 0.3) is 0 Å². The maximum Gasteiger partial charge on any atom is 0.316 e. The molecule has 0 aromatic carbocycles. The van der Waals surface area contributed by atoms with Crippen LogP contribution in [0.3, 0.4) is 0 Å². The molecule has 1 heteroatoms. The van der Waals surface area contributed by atoms with Gasteiger partial charge in [-0.15, -0.1) is 0 Å². The molecule has 0 aromatic heterocycles. The predicted molar refractivity (Wildman–Crippen MR) is 51.8 cm³/mol. The fourth-order valence-electron chi connectivity index (χ4n) is 0.875. The monoisotopic (exact) mass is 153 g/mol. The van der Waals surface area contributed by atoms with E-state index >= 15 is 0 Å². The van der Waals surface area contributed by atoms with Crippen molar-refractivity contribution >= 4 is 23.1 Å². The van der Waals surface area contributed by atoms with Crippen LogP contribution in [0.5, 0.6) is 0 Å². The van der Waals surface area contributed by atoms with E-state index in [4.69, 9.17) is 0 Å². The Morgan fingerprint density at radius 2 is 1.60 bits per heavy atom. The lowest BCUT2D eigenvalue weighted by Crippen LogP contribution is -1.91. The summed E-state index contributed by atoms with van der Waals surface area (Å²) < 4.78 is 0. The van der Waals surface area contributed by atoms with Crippen LogP contribution in [0.15, 0.2) is 0 Å². The minimum atomic E-state index is 0. The molecule has 0 rings (SSSR count). The Kier molecular flexibility index (Phi) is 10.5. The molecule has 0 N–H and O–H groups in total. The first-order chi connectivity index (χ1) is 4.13. The fraction of sp³-hybridized carbons (Fsp3) is 0.889. The summed E-state index contributed by atoms with van der Waals surface area (Å²) in [6.45, 7) is 10.7. The summed E-state index contributed by atoms with van der Waals surface area (Å²) in [5.41, 5.74) is 0. The molecule has 0 heterocycles. The van der Waals surface area contributed by atoms with Gasteiger partial charge in [-0.05, 0) is 11.8 Å². The van der Waals surface area contributed by atoms with Crippen LogP contribution < -0.4 is 0 Å². The first kappa shape index (κ1) is 13.4. The Balaban J connectivity index is 0. The van der Waals surface area contributed by atoms with E-state index in [-0.39, 0.29) is 23.1 Å². The van der Waals surface area contributed by atoms with Gasteiger partial charge in [0.15, 0.2) is 0 Å². The molecule has 0 saturated carbocycles. The second-order valence-corrected chi connectivity index (χ2v) is 3.43. The second kappa shape index (κ2) is 7.87. The third kappa shape index (κ3) is 11.5. The molecule has 1 unspecified atom stereocenters. The first-order valence-corrected chi connectivity index (χ1v) is 3.96. The molecule has 0 bridgehead atoms. The summed E-state index contributed by atoms with van der Waals surface area (Å²) in [5, 5.41) is 0. The lowest BCUT2D eigenvalue weighted by atomic mass is 10.0. The standard InChI is InChI=1S/C9H19.Mg.2H/c1-8(2)6-5-7-9(3)4;;;/h8-9H,1,5-7H2,2-4H3;;;. The third-order valence-electron chi connectivity index (χ3n) is 1.48. The highest BCUT2D eigenvalue weighted by Crippen LogP contribution is 2.10. The molecule has 0 nitrogen and oxygen atoms in total. The molecule has 0 aliphatic rings. The van der Waals surface area contributed by atoms with Crippen molar-refractivity contribution in [1.29, 1.82) is 0 Å². The highest BCUT2D eigenvalue weighted by molar-refractivity contribution is 5.75. The van der Waals surface area contributed by atoms with Gasteiger partial charge in [0.05, 0.1) is 0 Å². The van der Waals surface area contributed by atoms with Crippen LogP contribution in [0.2, 0.25) is 0 Å². The average molecular weight is 154 g/mol. The number of hydrogen-bond acceptors (Lipinski definition) is 0. The largest absolute Gasteiger partial charge is 0.316 e. The van der Waals surface area contributed by atoms with Gasteiger partial charge in [0.2, 0.25) is 0 Å². The molecule has 0 aromatic rings. The molecule has 0 fully saturated rings. The normalized spacial score (nSPS) is 10.2. The van der Waals surface area contributed by atoms with Crippen molar-refractivity contribution in [3.8, 4) is 0 Å². The van der Waals surface area contributed by atoms with E-state index in [0.717, 1.165) is 5.92 Å². The van der Waals surface area contributed by atoms with Crippen LogP contribution in [0, 0.1) is 18.8 Å². The van der Waals surface area contributed by atoms with Gasteiger partial charge in [0.25, 0.3) is 0 Å². The fourth-order valence-corrected chi connectivity index (χ4v) is 0.875. The second-order valence-electron chi connectivity index (χ2n) is 3.43. The van der Waals surface area contributed by atoms with Gasteiger partial charge in [-0.2, -0.15) is 0 Å². The molecule has 0 aliphatic carbocycles. The van der Waals surface area contributed by atoms with Crippen LogP contribution in [-0.4, -0.2) is 23.1 Å². The Bertz CT molecular complexity index is 49.7. The average Bonchev–Trinajstić information content (AvgIpc) is 1.63. The Morgan fingerprint density at radius 1 is 1.10 bits per heavy atom. The van der Waals surface area contributed by atoms with Crippen molar-refractivity contribution in [1.82, 2.24) is 0 Å². The lowest BCUT2D eigenvalue weighted by Gasteiger charge is -2.05. The van der Waals surface area contributed by atoms with Gasteiger partial charge >= 0.3 is 23.1 Å². The van der Waals surface area contributed by atoms with E-state index in [9.17, 15) is 0 Å². The molecular formula is C9H21Mg. The van der Waals surface area contributed by atoms with Crippen molar-refractivity contribution in [2.45, 2.75) is 40.0 Å². The number of rotatable bonds is 4. The quantitative estimate of drug-likeness (QED) is 0.544. The van der Waals surface area contributed by atoms with Gasteiger partial charge in [-0.1, -0.05) is 47.0 Å². The van der Waals surface area contributed by atoms with Crippen molar-refractivity contribution < 1.29 is 0 Å². The van der Waals surface area contributed by atoms with Crippen molar-refractivity contribution in [3.63, 3.8) is 0 Å². The maximum absolute atomic E-state index is 3.94. The van der Waals surface area contributed by atoms with E-state index < -0.39 is 0 Å². The van der Waals surface area contributed by atoms with E-state index in [1.807, 2.05) is 0 Å². The summed E-state index contributed by atoms with van der Waals surface area (Å²) in [5.74, 6) is 1.51. The zero-order valence-corrected chi connectivity index (χ0v) is 6.98. The molecule has 0 amide bonds. The molecule has 0 saturated heterocycles. The Labute approximate surface area is 81.9 Å². The number of hydrogen-bond donors (Lipinski definition) is 0. The molecule has 10 heavy (non-hydrogen) atoms. The third-order valence-corrected chi connectivity index (χ3v) is 1.48. The minimum absolute atomic E-state index is 0. The molecule has 1 radical (unpaired) electrons. The molecule has 0 spiro atoms. The zero-order valence-electron chi connectivity index (χ0n) is 6.98. The molecule has 1 atom stereocenters. The van der Waals surface area contributed by atoms with Crippen LogP contribution in [0.1, 0.15) is 40.0 Å². The maximum atomic E-state index is 3.94. The molecule has 59 valence electrons. The van der Waals surface area contributed by atoms with Crippen LogP contribution >= 0.6 is 0 Å². The summed E-state index contributed by atoms with van der Waals surface area (Å²) in [6.07, 6.45) is 4.00. The topological polar surface area (TPSA) is 0 Å². The van der Waals surface area contributed by atoms with Gasteiger partial charge in [0, 0.05) is 0 Å². The van der Waals surface area contributed by atoms with E-state index in [0.29, 0.717) is 5.92 Å². The van der Waals surface area contributed by atoms with Crippen molar-refractivity contribution in [3.05, 3.63) is 6.92 Å². The highest BCUT2D eigenvalue weighted by Gasteiger charge is 1.95. The van der Waals surface area contributed by atoms with Gasteiger partial charge in [-0.3, -0.25) is 0 Å². The van der Waals surface area contributed by atoms with E-state index in [1.54, 1.807) is 0 Å². The van der Waals surface area contributed by atoms with Crippen molar-refractivity contribution in [2.24, 2.45) is 11.8 Å². The highest BCUT2D eigenvalue weighted by atomic mass is 24.3. The first-order valence-electron chi connectivity index (χ1n) is 3.96. The lowest BCUT2D eigenvalue weighted by molar-refractivity contribution is 0.500. The summed E-state index contributed by atoms with van der Waals surface area (Å²) in [7, 11) is 0. The SMILES string of the molecule is [CH2]C(C)CCCC(C)C.[MgH2]. The molecular weight excluding hydrogens is 132 g/mol. The Hall–Kier alpha value is 0.766. The van der Waals surface area contributed by atoms with Crippen molar-refractivity contribution in [2.75, 3.05) is 0 Å². The predicted octanol–water partition coefficient (Wildman–Crippen LogP) is 2.37. The van der Waals surface area contributed by atoms with Gasteiger partial charge in [-0.25, -0.2) is 0 Å². The minimum Gasteiger partial charge on any atom is -0.0628 e. The van der Waals surface area contributed by atoms with Crippen LogP contribution in [0.4, 0.5) is 0 Å². The van der Waals surface area contributed by atoms with E-state index in [1.165, 1.54) is 19.3 Å². The summed E-state index contributed by atoms with van der Waals surface area (Å²) >= 11 is 0. The van der Waals surface area contributed by atoms with E-state index in [2.05, 4.69) is 27.7 Å². The van der Waals surface area contributed by atoms with Gasteiger partial charge in [0.1, 0.15) is 0 Å². The smallest absolute Gasteiger partial charge is 0.0628 e. The Morgan fingerprint density at radius 3 is 1.90 bits per heavy atom. The summed E-state index contributed by atoms with van der Waals surface area (Å²) in [6, 6.07) is 0. The van der Waals surface area contributed by atoms with Gasteiger partial charge < -0.3 is 0 Å². The molecule has 0 aliphatic heterocycles. The zero-order chi connectivity index (χ0) is 7.28. The van der Waals surface area contributed by atoms with Crippen LogP contribution in [-0.2, 0) is 0 Å².